The number of piperidine rings is 1. The van der Waals surface area contributed by atoms with E-state index in [1.165, 1.54) is 6.07 Å². The molecule has 0 saturated carbocycles. The first-order valence-corrected chi connectivity index (χ1v) is 9.75. The molecule has 1 fully saturated rings. The Labute approximate surface area is 164 Å². The van der Waals surface area contributed by atoms with E-state index in [0.717, 1.165) is 48.4 Å². The molecule has 148 valence electrons. The number of amides is 1. The fourth-order valence-electron chi connectivity index (χ4n) is 3.90. The van der Waals surface area contributed by atoms with Gasteiger partial charge >= 0.3 is 0 Å². The van der Waals surface area contributed by atoms with Crippen LogP contribution in [0.25, 0.3) is 0 Å². The lowest BCUT2D eigenvalue weighted by atomic mass is 9.95. The maximum Gasteiger partial charge on any atom is 0.223 e. The van der Waals surface area contributed by atoms with E-state index in [-0.39, 0.29) is 24.4 Å². The third-order valence-electron chi connectivity index (χ3n) is 5.41. The number of ether oxygens (including phenoxy) is 2. The maximum absolute atomic E-state index is 13.9. The molecule has 6 heteroatoms. The molecule has 1 N–H and O–H groups in total. The third-order valence-corrected chi connectivity index (χ3v) is 5.41. The SMILES string of the molecule is O=C(NCc1ccccc1)C1CCN(Cc2cc(F)cc3c2OCOC3)CC1. The second kappa shape index (κ2) is 8.71. The van der Waals surface area contributed by atoms with Gasteiger partial charge in [-0.3, -0.25) is 9.69 Å². The topological polar surface area (TPSA) is 50.8 Å². The number of nitrogens with one attached hydrogen (secondary N) is 1. The minimum Gasteiger partial charge on any atom is -0.467 e. The summed E-state index contributed by atoms with van der Waals surface area (Å²) in [5.74, 6) is 0.631. The van der Waals surface area contributed by atoms with Gasteiger partial charge in [0.2, 0.25) is 5.91 Å². The van der Waals surface area contributed by atoms with Gasteiger partial charge in [-0.05, 0) is 43.6 Å². The van der Waals surface area contributed by atoms with Crippen LogP contribution >= 0.6 is 0 Å². The van der Waals surface area contributed by atoms with Gasteiger partial charge in [-0.25, -0.2) is 4.39 Å². The number of likely N-dealkylation sites (tertiary alicyclic amines) is 1. The van der Waals surface area contributed by atoms with Crippen molar-refractivity contribution in [2.24, 2.45) is 5.92 Å². The van der Waals surface area contributed by atoms with Gasteiger partial charge in [-0.2, -0.15) is 0 Å². The molecule has 2 aliphatic heterocycles. The van der Waals surface area contributed by atoms with Crippen molar-refractivity contribution in [3.8, 4) is 5.75 Å². The molecule has 0 radical (unpaired) electrons. The minimum atomic E-state index is -0.266. The molecule has 2 aromatic carbocycles. The summed E-state index contributed by atoms with van der Waals surface area (Å²) in [7, 11) is 0. The Kier molecular flexibility index (Phi) is 5.88. The highest BCUT2D eigenvalue weighted by atomic mass is 19.1. The van der Waals surface area contributed by atoms with Crippen LogP contribution in [-0.2, 0) is 29.2 Å². The molecule has 0 aliphatic carbocycles. The van der Waals surface area contributed by atoms with Gasteiger partial charge in [-0.1, -0.05) is 30.3 Å². The number of rotatable bonds is 5. The van der Waals surface area contributed by atoms with Crippen molar-refractivity contribution < 1.29 is 18.7 Å². The predicted molar refractivity (Wildman–Crippen MR) is 103 cm³/mol. The lowest BCUT2D eigenvalue weighted by molar-refractivity contribution is -0.126. The quantitative estimate of drug-likeness (QED) is 0.860. The van der Waals surface area contributed by atoms with Crippen molar-refractivity contribution in [1.29, 1.82) is 0 Å². The van der Waals surface area contributed by atoms with Gasteiger partial charge < -0.3 is 14.8 Å². The highest BCUT2D eigenvalue weighted by Gasteiger charge is 2.26. The fraction of sp³-hybridized carbons (Fsp3) is 0.409. The highest BCUT2D eigenvalue weighted by molar-refractivity contribution is 5.78. The summed E-state index contributed by atoms with van der Waals surface area (Å²) in [6.45, 7) is 3.39. The lowest BCUT2D eigenvalue weighted by Crippen LogP contribution is -2.40. The summed E-state index contributed by atoms with van der Waals surface area (Å²) >= 11 is 0. The number of fused-ring (bicyclic) bond motifs is 1. The van der Waals surface area contributed by atoms with Gasteiger partial charge in [-0.15, -0.1) is 0 Å². The summed E-state index contributed by atoms with van der Waals surface area (Å²) in [4.78, 5) is 14.7. The molecule has 1 amide bonds. The van der Waals surface area contributed by atoms with Crippen molar-refractivity contribution in [2.75, 3.05) is 19.9 Å². The molecule has 0 bridgehead atoms. The van der Waals surface area contributed by atoms with Crippen molar-refractivity contribution in [2.45, 2.75) is 32.5 Å². The average Bonchev–Trinajstić information content (AvgIpc) is 2.73. The second-order valence-electron chi connectivity index (χ2n) is 7.42. The zero-order valence-corrected chi connectivity index (χ0v) is 15.8. The van der Waals surface area contributed by atoms with Crippen LogP contribution in [0.5, 0.6) is 5.75 Å². The summed E-state index contributed by atoms with van der Waals surface area (Å²) in [5, 5.41) is 3.04. The standard InChI is InChI=1S/C22H25FN2O3/c23-20-10-18(21-19(11-20)14-27-15-28-21)13-25-8-6-17(7-9-25)22(26)24-12-16-4-2-1-3-5-16/h1-5,10-11,17H,6-9,12-15H2,(H,24,26). The van der Waals surface area contributed by atoms with Crippen molar-refractivity contribution in [3.05, 3.63) is 65.0 Å². The van der Waals surface area contributed by atoms with E-state index in [9.17, 15) is 9.18 Å². The van der Waals surface area contributed by atoms with E-state index in [1.54, 1.807) is 6.07 Å². The lowest BCUT2D eigenvalue weighted by Gasteiger charge is -2.32. The first-order valence-electron chi connectivity index (χ1n) is 9.75. The molecule has 5 nitrogen and oxygen atoms in total. The summed E-state index contributed by atoms with van der Waals surface area (Å²) < 4.78 is 24.8. The number of hydrogen-bond acceptors (Lipinski definition) is 4. The molecule has 2 heterocycles. The first kappa shape index (κ1) is 18.9. The van der Waals surface area contributed by atoms with Crippen LogP contribution in [0.1, 0.15) is 29.5 Å². The summed E-state index contributed by atoms with van der Waals surface area (Å²) in [6.07, 6.45) is 1.62. The molecular weight excluding hydrogens is 359 g/mol. The fourth-order valence-corrected chi connectivity index (χ4v) is 3.90. The number of benzene rings is 2. The van der Waals surface area contributed by atoms with Crippen molar-refractivity contribution >= 4 is 5.91 Å². The molecular formula is C22H25FN2O3. The zero-order valence-electron chi connectivity index (χ0n) is 15.8. The monoisotopic (exact) mass is 384 g/mol. The van der Waals surface area contributed by atoms with Crippen LogP contribution in [0.4, 0.5) is 4.39 Å². The maximum atomic E-state index is 13.9. The molecule has 28 heavy (non-hydrogen) atoms. The largest absolute Gasteiger partial charge is 0.467 e. The Morgan fingerprint density at radius 3 is 2.75 bits per heavy atom. The van der Waals surface area contributed by atoms with E-state index >= 15 is 0 Å². The molecule has 0 unspecified atom stereocenters. The van der Waals surface area contributed by atoms with Crippen LogP contribution in [0.2, 0.25) is 0 Å². The smallest absolute Gasteiger partial charge is 0.223 e. The van der Waals surface area contributed by atoms with Crippen molar-refractivity contribution in [3.63, 3.8) is 0 Å². The normalized spacial score (nSPS) is 17.6. The van der Waals surface area contributed by atoms with Crippen LogP contribution in [0, 0.1) is 11.7 Å². The number of carbonyl (C=O) groups excluding carboxylic acids is 1. The molecule has 0 atom stereocenters. The number of nitrogens with zero attached hydrogens (tertiary/aromatic N) is 1. The van der Waals surface area contributed by atoms with E-state index in [0.29, 0.717) is 19.7 Å². The van der Waals surface area contributed by atoms with E-state index in [1.807, 2.05) is 30.3 Å². The van der Waals surface area contributed by atoms with E-state index < -0.39 is 0 Å². The first-order chi connectivity index (χ1) is 13.7. The van der Waals surface area contributed by atoms with Gasteiger partial charge in [0.1, 0.15) is 11.6 Å². The predicted octanol–water partition coefficient (Wildman–Crippen LogP) is 3.22. The Balaban J connectivity index is 1.30. The summed E-state index contributed by atoms with van der Waals surface area (Å²) in [5.41, 5.74) is 2.72. The average molecular weight is 384 g/mol. The van der Waals surface area contributed by atoms with Gasteiger partial charge in [0, 0.05) is 30.1 Å². The number of hydrogen-bond donors (Lipinski definition) is 1. The highest BCUT2D eigenvalue weighted by Crippen LogP contribution is 2.31. The van der Waals surface area contributed by atoms with Crippen molar-refractivity contribution in [1.82, 2.24) is 10.2 Å². The van der Waals surface area contributed by atoms with Gasteiger partial charge in [0.25, 0.3) is 0 Å². The molecule has 0 spiro atoms. The Bertz CT molecular complexity index is 820. The Hall–Kier alpha value is -2.44. The Morgan fingerprint density at radius 2 is 1.96 bits per heavy atom. The van der Waals surface area contributed by atoms with Gasteiger partial charge in [0.15, 0.2) is 6.79 Å². The third kappa shape index (κ3) is 4.51. The molecule has 2 aromatic rings. The van der Waals surface area contributed by atoms with Gasteiger partial charge in [0.05, 0.1) is 6.61 Å². The molecule has 1 saturated heterocycles. The summed E-state index contributed by atoms with van der Waals surface area (Å²) in [6, 6.07) is 13.0. The second-order valence-corrected chi connectivity index (χ2v) is 7.42. The van der Waals surface area contributed by atoms with E-state index in [4.69, 9.17) is 9.47 Å². The van der Waals surface area contributed by atoms with E-state index in [2.05, 4.69) is 10.2 Å². The van der Waals surface area contributed by atoms with Crippen LogP contribution in [0.3, 0.4) is 0 Å². The van der Waals surface area contributed by atoms with Crippen LogP contribution in [0.15, 0.2) is 42.5 Å². The Morgan fingerprint density at radius 1 is 1.18 bits per heavy atom. The zero-order chi connectivity index (χ0) is 19.3. The number of halogens is 1. The van der Waals surface area contributed by atoms with Crippen LogP contribution in [-0.4, -0.2) is 30.7 Å². The molecule has 2 aliphatic rings. The molecule has 0 aromatic heterocycles. The molecule has 4 rings (SSSR count). The van der Waals surface area contributed by atoms with Crippen LogP contribution < -0.4 is 10.1 Å². The number of carbonyl (C=O) groups is 1. The minimum absolute atomic E-state index is 0.0334.